The van der Waals surface area contributed by atoms with Crippen LogP contribution in [-0.4, -0.2) is 48.2 Å². The van der Waals surface area contributed by atoms with Crippen LogP contribution in [-0.2, 0) is 0 Å². The van der Waals surface area contributed by atoms with Crippen molar-refractivity contribution in [3.8, 4) is 102 Å². The van der Waals surface area contributed by atoms with Gasteiger partial charge in [-0.2, -0.15) is 24.9 Å². The Morgan fingerprint density at radius 2 is 0.404 bits per heavy atom. The Bertz CT molecular complexity index is 7560. The fourth-order valence-corrected chi connectivity index (χ4v) is 16.9. The summed E-state index contributed by atoms with van der Waals surface area (Å²) in [6.07, 6.45) is 0. The van der Waals surface area contributed by atoms with E-state index in [9.17, 15) is 0 Å². The minimum Gasteiger partial charge on any atom is -0.309 e. The molecular weight excluding hydrogens is 1390 g/mol. The van der Waals surface area contributed by atoms with Gasteiger partial charge in [0.05, 0.1) is 44.1 Å². The van der Waals surface area contributed by atoms with Gasteiger partial charge in [0.15, 0.2) is 17.5 Å². The van der Waals surface area contributed by atoms with Gasteiger partial charge in [0.2, 0.25) is 17.8 Å². The fourth-order valence-electron chi connectivity index (χ4n) is 16.9. The number of rotatable bonds is 11. The Hall–Kier alpha value is -15.5. The highest BCUT2D eigenvalue weighted by Crippen LogP contribution is 2.42. The molecule has 0 fully saturated rings. The molecule has 0 N–H and O–H groups in total. The number of fused-ring (bicyclic) bond motifs is 14. The molecule has 0 amide bonds. The first-order valence-corrected chi connectivity index (χ1v) is 38.5. The molecule has 0 aliphatic carbocycles. The van der Waals surface area contributed by atoms with Crippen molar-refractivity contribution >= 4 is 109 Å². The number of hydrogen-bond donors (Lipinski definition) is 0. The molecule has 17 aromatic carbocycles. The van der Waals surface area contributed by atoms with Crippen LogP contribution >= 0.6 is 0 Å². The quantitative estimate of drug-likeness (QED) is 0.128. The van der Waals surface area contributed by atoms with Gasteiger partial charge < -0.3 is 4.57 Å². The highest BCUT2D eigenvalue weighted by Gasteiger charge is 2.25. The van der Waals surface area contributed by atoms with Gasteiger partial charge in [0, 0.05) is 65.5 Å². The second-order valence-corrected chi connectivity index (χ2v) is 29.0. The zero-order valence-corrected chi connectivity index (χ0v) is 61.6. The molecule has 0 saturated carbocycles. The maximum atomic E-state index is 5.37. The van der Waals surface area contributed by atoms with Gasteiger partial charge in [0.1, 0.15) is 0 Å². The smallest absolute Gasteiger partial charge is 0.240 e. The van der Waals surface area contributed by atoms with E-state index in [0.717, 1.165) is 115 Å². The molecule has 0 spiro atoms. The van der Waals surface area contributed by atoms with Crippen LogP contribution in [0.5, 0.6) is 0 Å². The predicted molar refractivity (Wildman–Crippen MR) is 470 cm³/mol. The molecule has 23 aromatic rings. The first kappa shape index (κ1) is 65.6. The molecule has 10 nitrogen and oxygen atoms in total. The summed E-state index contributed by atoms with van der Waals surface area (Å²) in [5, 5.41) is 13.9. The second-order valence-electron chi connectivity index (χ2n) is 29.0. The van der Waals surface area contributed by atoms with Crippen LogP contribution in [0.3, 0.4) is 0 Å². The maximum Gasteiger partial charge on any atom is 0.240 e. The molecule has 23 rings (SSSR count). The molecule has 6 heterocycles. The summed E-state index contributed by atoms with van der Waals surface area (Å²) in [5.41, 5.74) is 21.7. The van der Waals surface area contributed by atoms with E-state index in [1.54, 1.807) is 0 Å². The first-order chi connectivity index (χ1) is 56.5. The summed E-state index contributed by atoms with van der Waals surface area (Å²) < 4.78 is 8.93. The molecule has 0 saturated heterocycles. The Morgan fingerprint density at radius 3 is 0.772 bits per heavy atom. The Morgan fingerprint density at radius 1 is 0.140 bits per heavy atom. The highest BCUT2D eigenvalue weighted by molar-refractivity contribution is 6.14. The first-order valence-electron chi connectivity index (χ1n) is 38.5. The van der Waals surface area contributed by atoms with E-state index >= 15 is 0 Å². The van der Waals surface area contributed by atoms with Crippen molar-refractivity contribution in [3.05, 3.63) is 400 Å². The second kappa shape index (κ2) is 27.2. The molecule has 0 bridgehead atoms. The maximum absolute atomic E-state index is 5.37. The average molecular weight is 1460 g/mol. The zero-order valence-electron chi connectivity index (χ0n) is 61.6. The molecule has 532 valence electrons. The van der Waals surface area contributed by atoms with Gasteiger partial charge in [-0.25, -0.2) is 4.98 Å². The van der Waals surface area contributed by atoms with Crippen molar-refractivity contribution in [2.24, 2.45) is 0 Å². The van der Waals surface area contributed by atoms with E-state index in [1.165, 1.54) is 60.5 Å². The van der Waals surface area contributed by atoms with Gasteiger partial charge in [-0.05, 0) is 163 Å². The van der Waals surface area contributed by atoms with Crippen LogP contribution in [0, 0.1) is 0 Å². The Balaban J connectivity index is 0.000000140. The Kier molecular flexibility index (Phi) is 15.7. The zero-order chi connectivity index (χ0) is 75.2. The number of aromatic nitrogens is 10. The van der Waals surface area contributed by atoms with E-state index in [2.05, 4.69) is 419 Å². The third-order valence-electron chi connectivity index (χ3n) is 22.3. The van der Waals surface area contributed by atoms with E-state index in [-0.39, 0.29) is 0 Å². The molecule has 0 atom stereocenters. The van der Waals surface area contributed by atoms with Gasteiger partial charge >= 0.3 is 0 Å². The van der Waals surface area contributed by atoms with Crippen molar-refractivity contribution in [1.82, 2.24) is 48.2 Å². The van der Waals surface area contributed by atoms with E-state index in [0.29, 0.717) is 35.3 Å². The number of para-hydroxylation sites is 4. The molecule has 0 aliphatic rings. The summed E-state index contributed by atoms with van der Waals surface area (Å²) >= 11 is 0. The largest absolute Gasteiger partial charge is 0.309 e. The van der Waals surface area contributed by atoms with Crippen molar-refractivity contribution in [1.29, 1.82) is 0 Å². The number of hydrogen-bond acceptors (Lipinski definition) is 6. The summed E-state index contributed by atoms with van der Waals surface area (Å²) in [6.45, 7) is 0. The Labute approximate surface area is 655 Å². The van der Waals surface area contributed by atoms with Crippen molar-refractivity contribution in [2.45, 2.75) is 0 Å². The molecule has 114 heavy (non-hydrogen) atoms. The lowest BCUT2D eigenvalue weighted by Crippen LogP contribution is -2.10. The van der Waals surface area contributed by atoms with Gasteiger partial charge in [0.25, 0.3) is 0 Å². The van der Waals surface area contributed by atoms with Crippen molar-refractivity contribution < 1.29 is 0 Å². The lowest BCUT2D eigenvalue weighted by molar-refractivity contribution is 0.893. The van der Waals surface area contributed by atoms with Crippen LogP contribution < -0.4 is 0 Å². The SMILES string of the molecule is c1ccc(-c2ccc3c(c2)c2ccccc2n3-c2cccc(-c3nc(-c4ccc5ccccc5c4)nc(-n4c5ccccc5c5cc(-c6ccccc6)ccc54)n3)c2)cc1.c1ccc(-c2ccc3c(c2)c2ccccc2n3-c2nc(-c3ccc4ccccc4c3)nc(-n3c4ccccc4c4cc(-c5ccccc5)ccc43)n2)cc1. The van der Waals surface area contributed by atoms with Crippen molar-refractivity contribution in [3.63, 3.8) is 0 Å². The summed E-state index contributed by atoms with van der Waals surface area (Å²) in [4.78, 5) is 31.8. The summed E-state index contributed by atoms with van der Waals surface area (Å²) in [7, 11) is 0. The van der Waals surface area contributed by atoms with Crippen LogP contribution in [0.25, 0.3) is 211 Å². The van der Waals surface area contributed by atoms with Crippen LogP contribution in [0.4, 0.5) is 0 Å². The number of benzene rings is 17. The third-order valence-corrected chi connectivity index (χ3v) is 22.3. The van der Waals surface area contributed by atoms with Crippen LogP contribution in [0.15, 0.2) is 400 Å². The summed E-state index contributed by atoms with van der Waals surface area (Å²) in [5.74, 6) is 3.52. The lowest BCUT2D eigenvalue weighted by atomic mass is 10.0. The standard InChI is InChI=1S/C55H35N5.C49H31N5/c1-3-14-36(15-4-1)40-28-30-51-47(34-40)45-22-9-11-24-49(45)59(51)44-21-13-20-42(33-44)53-56-54(43-27-26-38-18-7-8-19-39(38)32-43)58-55(57-53)60-50-25-12-10-23-46(50)48-35-41(29-31-52(48)60)37-16-5-2-6-17-37;1-3-13-32(14-4-1)36-25-27-45-41(30-36)39-19-9-11-21-43(39)53(45)48-50-47(38-24-23-34-17-7-8-18-35(34)29-38)51-49(52-48)54-44-22-12-10-20-40(44)42-31-37(26-28-46(42)54)33-15-5-2-6-16-33/h1-35H;1-31H. The van der Waals surface area contributed by atoms with Crippen LogP contribution in [0.1, 0.15) is 0 Å². The van der Waals surface area contributed by atoms with E-state index < -0.39 is 0 Å². The molecule has 0 radical (unpaired) electrons. The van der Waals surface area contributed by atoms with Crippen LogP contribution in [0.2, 0.25) is 0 Å². The third kappa shape index (κ3) is 11.3. The predicted octanol–water partition coefficient (Wildman–Crippen LogP) is 26.1. The average Bonchev–Trinajstić information content (AvgIpc) is 1.58. The molecular formula is C104H66N10. The van der Waals surface area contributed by atoms with Gasteiger partial charge in [-0.3, -0.25) is 13.7 Å². The van der Waals surface area contributed by atoms with Gasteiger partial charge in [-0.15, -0.1) is 0 Å². The molecule has 0 unspecified atom stereocenters. The highest BCUT2D eigenvalue weighted by atomic mass is 15.3. The molecule has 6 aromatic heterocycles. The summed E-state index contributed by atoms with van der Waals surface area (Å²) in [6, 6.07) is 141. The number of nitrogens with zero attached hydrogens (tertiary/aromatic N) is 10. The van der Waals surface area contributed by atoms with E-state index in [1.807, 2.05) is 0 Å². The fraction of sp³-hybridized carbons (Fsp3) is 0. The minimum atomic E-state index is 0.564. The molecule has 0 aliphatic heterocycles. The normalized spacial score (nSPS) is 11.7. The van der Waals surface area contributed by atoms with Crippen molar-refractivity contribution in [2.75, 3.05) is 0 Å². The van der Waals surface area contributed by atoms with Gasteiger partial charge in [-0.1, -0.05) is 303 Å². The van der Waals surface area contributed by atoms with E-state index in [4.69, 9.17) is 29.9 Å². The topological polar surface area (TPSA) is 97.1 Å². The molecule has 10 heteroatoms. The minimum absolute atomic E-state index is 0.564. The lowest BCUT2D eigenvalue weighted by Gasteiger charge is -2.13. The monoisotopic (exact) mass is 1450 g/mol.